The van der Waals surface area contributed by atoms with Gasteiger partial charge in [0.05, 0.1) is 16.1 Å². The Balaban J connectivity index is 1.63. The first-order valence-electron chi connectivity index (χ1n) is 8.80. The van der Waals surface area contributed by atoms with Crippen molar-refractivity contribution in [1.82, 2.24) is 0 Å². The van der Waals surface area contributed by atoms with Crippen molar-refractivity contribution in [2.75, 3.05) is 10.6 Å². The lowest BCUT2D eigenvalue weighted by Gasteiger charge is -2.10. The molecule has 142 valence electrons. The molecule has 0 fully saturated rings. The Labute approximate surface area is 180 Å². The molecule has 2 amide bonds. The zero-order valence-electron chi connectivity index (χ0n) is 14.7. The van der Waals surface area contributed by atoms with Gasteiger partial charge in [-0.25, -0.2) is 0 Å². The molecular formula is C21H16BrClN2O2S. The van der Waals surface area contributed by atoms with Crippen LogP contribution in [0, 0.1) is 0 Å². The fourth-order valence-corrected chi connectivity index (χ4v) is 5.04. The van der Waals surface area contributed by atoms with Crippen molar-refractivity contribution in [1.29, 1.82) is 0 Å². The molecule has 0 atom stereocenters. The third kappa shape index (κ3) is 3.85. The van der Waals surface area contributed by atoms with Crippen LogP contribution in [0.5, 0.6) is 0 Å². The van der Waals surface area contributed by atoms with Crippen LogP contribution in [0.1, 0.15) is 37.6 Å². The minimum atomic E-state index is -0.316. The highest BCUT2D eigenvalue weighted by atomic mass is 79.9. The van der Waals surface area contributed by atoms with E-state index in [1.54, 1.807) is 24.3 Å². The second-order valence-corrected chi connectivity index (χ2v) is 8.88. The fourth-order valence-electron chi connectivity index (χ4n) is 3.28. The predicted octanol–water partition coefficient (Wildman–Crippen LogP) is 6.16. The number of hydrogen-bond donors (Lipinski definition) is 2. The average molecular weight is 476 g/mol. The number of aryl methyl sites for hydroxylation is 1. The number of amides is 2. The van der Waals surface area contributed by atoms with Crippen molar-refractivity contribution in [3.8, 4) is 0 Å². The van der Waals surface area contributed by atoms with Crippen molar-refractivity contribution in [3.63, 3.8) is 0 Å². The Kier molecular flexibility index (Phi) is 5.53. The summed E-state index contributed by atoms with van der Waals surface area (Å²) in [4.78, 5) is 26.9. The van der Waals surface area contributed by atoms with E-state index < -0.39 is 0 Å². The van der Waals surface area contributed by atoms with E-state index in [4.69, 9.17) is 11.6 Å². The monoisotopic (exact) mass is 474 g/mol. The topological polar surface area (TPSA) is 58.2 Å². The van der Waals surface area contributed by atoms with Gasteiger partial charge in [0.2, 0.25) is 0 Å². The van der Waals surface area contributed by atoms with Crippen molar-refractivity contribution in [2.24, 2.45) is 0 Å². The van der Waals surface area contributed by atoms with Crippen molar-refractivity contribution >= 4 is 61.4 Å². The van der Waals surface area contributed by atoms with E-state index >= 15 is 0 Å². The molecule has 3 aromatic rings. The highest BCUT2D eigenvalue weighted by Crippen LogP contribution is 2.40. The molecule has 0 saturated carbocycles. The Bertz CT molecular complexity index is 1060. The zero-order valence-corrected chi connectivity index (χ0v) is 17.9. The molecule has 4 rings (SSSR count). The SMILES string of the molecule is O=C(Nc1sc2c(c1C(=O)Nc1ccc(Br)cc1)CCC2)c1ccccc1Cl. The fraction of sp³-hybridized carbons (Fsp3) is 0.143. The maximum atomic E-state index is 13.0. The number of hydrogen-bond acceptors (Lipinski definition) is 3. The number of thiophene rings is 1. The van der Waals surface area contributed by atoms with Crippen LogP contribution < -0.4 is 10.6 Å². The molecule has 0 radical (unpaired) electrons. The Hall–Kier alpha value is -2.15. The van der Waals surface area contributed by atoms with Gasteiger partial charge in [0.15, 0.2) is 0 Å². The number of carbonyl (C=O) groups excluding carboxylic acids is 2. The summed E-state index contributed by atoms with van der Waals surface area (Å²) in [6, 6.07) is 14.3. The third-order valence-corrected chi connectivity index (χ3v) is 6.66. The number of fused-ring (bicyclic) bond motifs is 1. The van der Waals surface area contributed by atoms with Crippen molar-refractivity contribution in [2.45, 2.75) is 19.3 Å². The van der Waals surface area contributed by atoms with Crippen LogP contribution in [0.15, 0.2) is 53.0 Å². The van der Waals surface area contributed by atoms with E-state index in [0.717, 1.165) is 34.2 Å². The number of nitrogens with one attached hydrogen (secondary N) is 2. The molecule has 0 unspecified atom stereocenters. The normalized spacial score (nSPS) is 12.5. The van der Waals surface area contributed by atoms with Gasteiger partial charge in [0, 0.05) is 15.0 Å². The maximum absolute atomic E-state index is 13.0. The van der Waals surface area contributed by atoms with Crippen molar-refractivity contribution in [3.05, 3.63) is 79.6 Å². The number of carbonyl (C=O) groups is 2. The average Bonchev–Trinajstić information content (AvgIpc) is 3.24. The van der Waals surface area contributed by atoms with E-state index in [1.807, 2.05) is 24.3 Å². The van der Waals surface area contributed by atoms with Crippen LogP contribution in [0.3, 0.4) is 0 Å². The minimum absolute atomic E-state index is 0.212. The van der Waals surface area contributed by atoms with Crippen LogP contribution in [0.25, 0.3) is 0 Å². The van der Waals surface area contributed by atoms with Crippen LogP contribution >= 0.6 is 38.9 Å². The summed E-state index contributed by atoms with van der Waals surface area (Å²) in [5.41, 5.74) is 2.68. The maximum Gasteiger partial charge on any atom is 0.258 e. The van der Waals surface area contributed by atoms with Crippen LogP contribution in [-0.4, -0.2) is 11.8 Å². The molecule has 0 aliphatic heterocycles. The molecular weight excluding hydrogens is 460 g/mol. The quantitative estimate of drug-likeness (QED) is 0.475. The number of anilines is 2. The lowest BCUT2D eigenvalue weighted by atomic mass is 10.1. The highest BCUT2D eigenvalue weighted by molar-refractivity contribution is 9.10. The predicted molar refractivity (Wildman–Crippen MR) is 118 cm³/mol. The second kappa shape index (κ2) is 8.07. The summed E-state index contributed by atoms with van der Waals surface area (Å²) in [6.07, 6.45) is 2.80. The molecule has 4 nitrogen and oxygen atoms in total. The summed E-state index contributed by atoms with van der Waals surface area (Å²) in [5, 5.41) is 6.79. The van der Waals surface area contributed by atoms with E-state index in [-0.39, 0.29) is 11.8 Å². The summed E-state index contributed by atoms with van der Waals surface area (Å²) in [6.45, 7) is 0. The molecule has 28 heavy (non-hydrogen) atoms. The highest BCUT2D eigenvalue weighted by Gasteiger charge is 2.28. The molecule has 1 aromatic heterocycles. The van der Waals surface area contributed by atoms with Gasteiger partial charge in [-0.05, 0) is 61.2 Å². The zero-order chi connectivity index (χ0) is 19.7. The van der Waals surface area contributed by atoms with Gasteiger partial charge in [0.1, 0.15) is 5.00 Å². The molecule has 1 aliphatic carbocycles. The van der Waals surface area contributed by atoms with Crippen molar-refractivity contribution < 1.29 is 9.59 Å². The van der Waals surface area contributed by atoms with Gasteiger partial charge in [-0.1, -0.05) is 39.7 Å². The summed E-state index contributed by atoms with van der Waals surface area (Å²) in [7, 11) is 0. The largest absolute Gasteiger partial charge is 0.322 e. The first kappa shape index (κ1) is 19.2. The van der Waals surface area contributed by atoms with Gasteiger partial charge in [-0.2, -0.15) is 0 Å². The molecule has 1 heterocycles. The summed E-state index contributed by atoms with van der Waals surface area (Å²) in [5.74, 6) is -0.528. The lowest BCUT2D eigenvalue weighted by Crippen LogP contribution is -2.18. The summed E-state index contributed by atoms with van der Waals surface area (Å²) >= 11 is 11.0. The van der Waals surface area contributed by atoms with Gasteiger partial charge in [-0.15, -0.1) is 11.3 Å². The smallest absolute Gasteiger partial charge is 0.258 e. The third-order valence-electron chi connectivity index (χ3n) is 4.60. The first-order valence-corrected chi connectivity index (χ1v) is 10.8. The molecule has 2 N–H and O–H groups in total. The first-order chi connectivity index (χ1) is 13.5. The minimum Gasteiger partial charge on any atom is -0.322 e. The van der Waals surface area contributed by atoms with Crippen LogP contribution in [0.2, 0.25) is 5.02 Å². The van der Waals surface area contributed by atoms with Gasteiger partial charge < -0.3 is 10.6 Å². The van der Waals surface area contributed by atoms with Gasteiger partial charge >= 0.3 is 0 Å². The molecule has 0 spiro atoms. The Morgan fingerprint density at radius 3 is 2.46 bits per heavy atom. The second-order valence-electron chi connectivity index (χ2n) is 6.46. The van der Waals surface area contributed by atoms with Crippen LogP contribution in [0.4, 0.5) is 10.7 Å². The number of rotatable bonds is 4. The van der Waals surface area contributed by atoms with Crippen LogP contribution in [-0.2, 0) is 12.8 Å². The van der Waals surface area contributed by atoms with E-state index in [1.165, 1.54) is 11.3 Å². The molecule has 1 aliphatic rings. The van der Waals surface area contributed by atoms with Gasteiger partial charge in [-0.3, -0.25) is 9.59 Å². The summed E-state index contributed by atoms with van der Waals surface area (Å²) < 4.78 is 0.939. The van der Waals surface area contributed by atoms with E-state index in [2.05, 4.69) is 26.6 Å². The Morgan fingerprint density at radius 1 is 0.964 bits per heavy atom. The molecule has 7 heteroatoms. The molecule has 2 aromatic carbocycles. The number of benzene rings is 2. The lowest BCUT2D eigenvalue weighted by molar-refractivity contribution is 0.102. The molecule has 0 saturated heterocycles. The number of halogens is 2. The molecule has 0 bridgehead atoms. The van der Waals surface area contributed by atoms with E-state index in [0.29, 0.717) is 26.8 Å². The Morgan fingerprint density at radius 2 is 1.71 bits per heavy atom. The van der Waals surface area contributed by atoms with Gasteiger partial charge in [0.25, 0.3) is 11.8 Å². The standard InChI is InChI=1S/C21H16BrClN2O2S/c22-12-8-10-13(11-9-12)24-20(27)18-15-5-3-7-17(15)28-21(18)25-19(26)14-4-1-2-6-16(14)23/h1-2,4,6,8-11H,3,5,7H2,(H,24,27)(H,25,26). The van der Waals surface area contributed by atoms with E-state index in [9.17, 15) is 9.59 Å².